The van der Waals surface area contributed by atoms with Crippen LogP contribution in [0.4, 0.5) is 0 Å². The lowest BCUT2D eigenvalue weighted by atomic mass is 10.5. The molecule has 0 aromatic carbocycles. The summed E-state index contributed by atoms with van der Waals surface area (Å²) in [4.78, 5) is 16.1. The van der Waals surface area contributed by atoms with Crippen molar-refractivity contribution in [3.8, 4) is 0 Å². The summed E-state index contributed by atoms with van der Waals surface area (Å²) in [5.41, 5.74) is 0. The van der Waals surface area contributed by atoms with E-state index in [1.54, 1.807) is 22.3 Å². The highest BCUT2D eigenvalue weighted by Gasteiger charge is 2.02. The predicted molar refractivity (Wildman–Crippen MR) is 54.8 cm³/mol. The van der Waals surface area contributed by atoms with E-state index < -0.39 is 0 Å². The number of hydrogen-bond donors (Lipinski definition) is 0. The Kier molecular flexibility index (Phi) is 2.48. The highest BCUT2D eigenvalue weighted by molar-refractivity contribution is 7.15. The van der Waals surface area contributed by atoms with Gasteiger partial charge in [-0.25, -0.2) is 4.98 Å². The molecule has 0 fully saturated rings. The summed E-state index contributed by atoms with van der Waals surface area (Å²) in [5, 5.41) is 1.77. The van der Waals surface area contributed by atoms with E-state index in [4.69, 9.17) is 11.6 Å². The van der Waals surface area contributed by atoms with Crippen LogP contribution < -0.4 is 4.87 Å². The Balaban J connectivity index is 2.24. The summed E-state index contributed by atoms with van der Waals surface area (Å²) < 4.78 is 2.15. The fraction of sp³-hybridized carbons (Fsp3) is 0.143. The molecule has 0 radical (unpaired) electrons. The van der Waals surface area contributed by atoms with E-state index in [1.807, 2.05) is 0 Å². The minimum Gasteiger partial charge on any atom is -0.301 e. The van der Waals surface area contributed by atoms with Crippen molar-refractivity contribution in [1.29, 1.82) is 0 Å². The third kappa shape index (κ3) is 1.99. The van der Waals surface area contributed by atoms with Crippen LogP contribution in [-0.4, -0.2) is 9.55 Å². The van der Waals surface area contributed by atoms with Crippen molar-refractivity contribution in [2.24, 2.45) is 0 Å². The normalized spacial score (nSPS) is 10.5. The van der Waals surface area contributed by atoms with Gasteiger partial charge in [-0.3, -0.25) is 4.79 Å². The summed E-state index contributed by atoms with van der Waals surface area (Å²) in [7, 11) is 0. The van der Waals surface area contributed by atoms with Crippen LogP contribution in [0.2, 0.25) is 4.47 Å². The predicted octanol–water partition coefficient (Wildman–Crippen LogP) is 2.07. The van der Waals surface area contributed by atoms with Crippen molar-refractivity contribution < 1.29 is 0 Å². The van der Waals surface area contributed by atoms with Crippen molar-refractivity contribution >= 4 is 34.3 Å². The lowest BCUT2D eigenvalue weighted by Gasteiger charge is -1.94. The third-order valence-corrected chi connectivity index (χ3v) is 3.29. The Hall–Kier alpha value is -0.650. The van der Waals surface area contributed by atoms with Gasteiger partial charge in [-0.15, -0.1) is 11.3 Å². The molecule has 0 N–H and O–H groups in total. The highest BCUT2D eigenvalue weighted by Crippen LogP contribution is 2.18. The molecule has 6 heteroatoms. The van der Waals surface area contributed by atoms with Gasteiger partial charge in [-0.2, -0.15) is 0 Å². The van der Waals surface area contributed by atoms with Gasteiger partial charge in [-0.05, 0) is 0 Å². The molecule has 0 saturated carbocycles. The minimum atomic E-state index is 0.0459. The van der Waals surface area contributed by atoms with Gasteiger partial charge >= 0.3 is 4.87 Å². The van der Waals surface area contributed by atoms with Gasteiger partial charge in [0.1, 0.15) is 0 Å². The Bertz CT molecular complexity index is 459. The van der Waals surface area contributed by atoms with E-state index in [2.05, 4.69) is 4.98 Å². The molecule has 0 aliphatic carbocycles. The zero-order chi connectivity index (χ0) is 9.26. The van der Waals surface area contributed by atoms with Crippen molar-refractivity contribution in [3.63, 3.8) is 0 Å². The first kappa shape index (κ1) is 8.93. The van der Waals surface area contributed by atoms with Crippen LogP contribution in [0, 0.1) is 0 Å². The van der Waals surface area contributed by atoms with Gasteiger partial charge in [0.25, 0.3) is 0 Å². The van der Waals surface area contributed by atoms with Crippen molar-refractivity contribution in [2.45, 2.75) is 6.54 Å². The molecular formula is C7H5ClN2OS2. The maximum absolute atomic E-state index is 11.2. The summed E-state index contributed by atoms with van der Waals surface area (Å²) >= 11 is 8.25. The molecule has 0 spiro atoms. The zero-order valence-electron chi connectivity index (χ0n) is 6.44. The maximum atomic E-state index is 11.2. The molecule has 0 unspecified atom stereocenters. The first-order valence-corrected chi connectivity index (χ1v) is 5.57. The molecule has 2 heterocycles. The Morgan fingerprint density at radius 1 is 1.62 bits per heavy atom. The number of thiazole rings is 2. The van der Waals surface area contributed by atoms with Gasteiger partial charge in [-0.1, -0.05) is 22.9 Å². The van der Waals surface area contributed by atoms with E-state index in [-0.39, 0.29) is 4.87 Å². The van der Waals surface area contributed by atoms with E-state index in [1.165, 1.54) is 22.7 Å². The van der Waals surface area contributed by atoms with E-state index >= 15 is 0 Å². The SMILES string of the molecule is O=c1sccn1Cc1cnc(Cl)s1. The van der Waals surface area contributed by atoms with Crippen molar-refractivity contribution in [2.75, 3.05) is 0 Å². The summed E-state index contributed by atoms with van der Waals surface area (Å²) in [5.74, 6) is 0. The second kappa shape index (κ2) is 3.61. The molecule has 0 bridgehead atoms. The molecule has 0 atom stereocenters. The summed E-state index contributed by atoms with van der Waals surface area (Å²) in [6, 6.07) is 0. The molecule has 3 nitrogen and oxygen atoms in total. The Morgan fingerprint density at radius 3 is 3.00 bits per heavy atom. The largest absolute Gasteiger partial charge is 0.307 e. The second-order valence-corrected chi connectivity index (χ2v) is 4.93. The van der Waals surface area contributed by atoms with E-state index in [0.29, 0.717) is 11.0 Å². The quantitative estimate of drug-likeness (QED) is 0.795. The molecule has 68 valence electrons. The topological polar surface area (TPSA) is 34.9 Å². The number of hydrogen-bond acceptors (Lipinski definition) is 4. The first-order chi connectivity index (χ1) is 6.25. The number of aromatic nitrogens is 2. The molecule has 13 heavy (non-hydrogen) atoms. The molecular weight excluding hydrogens is 228 g/mol. The van der Waals surface area contributed by atoms with E-state index in [9.17, 15) is 4.79 Å². The zero-order valence-corrected chi connectivity index (χ0v) is 8.83. The summed E-state index contributed by atoms with van der Waals surface area (Å²) in [6.45, 7) is 0.562. The molecule has 2 aromatic rings. The molecule has 2 rings (SSSR count). The van der Waals surface area contributed by atoms with Crippen molar-refractivity contribution in [1.82, 2.24) is 9.55 Å². The minimum absolute atomic E-state index is 0.0459. The van der Waals surface area contributed by atoms with Crippen LogP contribution >= 0.6 is 34.3 Å². The molecule has 0 saturated heterocycles. The average Bonchev–Trinajstić information content (AvgIpc) is 2.64. The standard InChI is InChI=1S/C7H5ClN2OS2/c8-6-9-3-5(13-6)4-10-1-2-12-7(10)11/h1-3H,4H2. The molecule has 0 amide bonds. The van der Waals surface area contributed by atoms with Crippen LogP contribution in [0.3, 0.4) is 0 Å². The number of rotatable bonds is 2. The van der Waals surface area contributed by atoms with E-state index in [0.717, 1.165) is 4.88 Å². The van der Waals surface area contributed by atoms with Crippen molar-refractivity contribution in [3.05, 3.63) is 36.8 Å². The Morgan fingerprint density at radius 2 is 2.46 bits per heavy atom. The fourth-order valence-corrected chi connectivity index (χ4v) is 2.49. The van der Waals surface area contributed by atoms with Crippen LogP contribution in [-0.2, 0) is 6.54 Å². The molecule has 2 aromatic heterocycles. The fourth-order valence-electron chi connectivity index (χ4n) is 0.933. The van der Waals surface area contributed by atoms with Crippen LogP contribution in [0.5, 0.6) is 0 Å². The van der Waals surface area contributed by atoms with Gasteiger partial charge < -0.3 is 4.57 Å². The highest BCUT2D eigenvalue weighted by atomic mass is 35.5. The van der Waals surface area contributed by atoms with Gasteiger partial charge in [0.15, 0.2) is 4.47 Å². The summed E-state index contributed by atoms with van der Waals surface area (Å²) in [6.07, 6.45) is 3.46. The first-order valence-electron chi connectivity index (χ1n) is 3.50. The lowest BCUT2D eigenvalue weighted by Crippen LogP contribution is -2.11. The van der Waals surface area contributed by atoms with Gasteiger partial charge in [0.2, 0.25) is 0 Å². The number of nitrogens with zero attached hydrogens (tertiary/aromatic N) is 2. The van der Waals surface area contributed by atoms with Crippen LogP contribution in [0.25, 0.3) is 0 Å². The lowest BCUT2D eigenvalue weighted by molar-refractivity contribution is 0.794. The second-order valence-electron chi connectivity index (χ2n) is 2.38. The Labute approximate surface area is 87.2 Å². The van der Waals surface area contributed by atoms with Gasteiger partial charge in [0.05, 0.1) is 6.54 Å². The smallest absolute Gasteiger partial charge is 0.301 e. The van der Waals surface area contributed by atoms with Crippen LogP contribution in [0.1, 0.15) is 4.88 Å². The number of halogens is 1. The molecule has 0 aliphatic rings. The van der Waals surface area contributed by atoms with Crippen LogP contribution in [0.15, 0.2) is 22.6 Å². The maximum Gasteiger partial charge on any atom is 0.307 e. The third-order valence-electron chi connectivity index (χ3n) is 1.50. The van der Waals surface area contributed by atoms with Gasteiger partial charge in [0, 0.05) is 22.7 Å². The molecule has 0 aliphatic heterocycles. The average molecular weight is 233 g/mol. The monoisotopic (exact) mass is 232 g/mol.